The maximum absolute atomic E-state index is 12.0. The highest BCUT2D eigenvalue weighted by atomic mass is 16.4. The van der Waals surface area contributed by atoms with Gasteiger partial charge in [-0.1, -0.05) is 0 Å². The number of aliphatic carboxylic acids is 1. The predicted octanol–water partition coefficient (Wildman–Crippen LogP) is 1.79. The van der Waals surface area contributed by atoms with E-state index in [1.54, 1.807) is 0 Å². The highest BCUT2D eigenvalue weighted by Gasteiger charge is 2.74. The molecule has 4 rings (SSSR count). The zero-order chi connectivity index (χ0) is 13.3. The quantitative estimate of drug-likeness (QED) is 0.812. The Bertz CT molecular complexity index is 456. The summed E-state index contributed by atoms with van der Waals surface area (Å²) in [5.41, 5.74) is 0.706. The third kappa shape index (κ3) is 1.40. The van der Waals surface area contributed by atoms with Crippen LogP contribution >= 0.6 is 0 Å². The summed E-state index contributed by atoms with van der Waals surface area (Å²) in [6.45, 7) is -0.239. The van der Waals surface area contributed by atoms with E-state index in [0.29, 0.717) is 11.8 Å². The molecule has 104 valence electrons. The van der Waals surface area contributed by atoms with E-state index >= 15 is 0 Å². The number of fused-ring (bicyclic) bond motifs is 2. The molecule has 2 N–H and O–H groups in total. The summed E-state index contributed by atoms with van der Waals surface area (Å²) in [5, 5.41) is 11.2. The summed E-state index contributed by atoms with van der Waals surface area (Å²) in [6.07, 6.45) is 8.49. The second-order valence-corrected chi connectivity index (χ2v) is 7.50. The summed E-state index contributed by atoms with van der Waals surface area (Å²) in [4.78, 5) is 22.5. The van der Waals surface area contributed by atoms with Crippen LogP contribution in [0.5, 0.6) is 0 Å². The number of hydrogen-bond donors (Lipinski definition) is 2. The molecular formula is C15H21NO3. The van der Waals surface area contributed by atoms with E-state index in [1.807, 2.05) is 0 Å². The zero-order valence-corrected chi connectivity index (χ0v) is 11.2. The van der Waals surface area contributed by atoms with Gasteiger partial charge in [-0.15, -0.1) is 0 Å². The minimum Gasteiger partial charge on any atom is -0.480 e. The van der Waals surface area contributed by atoms with Crippen LogP contribution in [0, 0.1) is 28.6 Å². The van der Waals surface area contributed by atoms with Gasteiger partial charge in [-0.3, -0.25) is 9.59 Å². The zero-order valence-electron chi connectivity index (χ0n) is 11.2. The van der Waals surface area contributed by atoms with Crippen LogP contribution in [-0.2, 0) is 9.59 Å². The lowest BCUT2D eigenvalue weighted by Crippen LogP contribution is -2.54. The minimum atomic E-state index is -0.957. The van der Waals surface area contributed by atoms with Crippen molar-refractivity contribution in [3.8, 4) is 0 Å². The lowest BCUT2D eigenvalue weighted by molar-refractivity contribution is -0.144. The molecule has 1 amide bonds. The molecule has 0 aliphatic heterocycles. The number of carboxylic acids is 1. The first kappa shape index (κ1) is 11.7. The molecule has 0 aromatic heterocycles. The molecule has 4 fully saturated rings. The first-order chi connectivity index (χ1) is 9.03. The molecule has 5 atom stereocenters. The molecule has 4 saturated carbocycles. The minimum absolute atomic E-state index is 0.0498. The molecule has 0 saturated heterocycles. The summed E-state index contributed by atoms with van der Waals surface area (Å²) in [7, 11) is 0. The fourth-order valence-corrected chi connectivity index (χ4v) is 6.44. The molecule has 19 heavy (non-hydrogen) atoms. The molecule has 0 heterocycles. The highest BCUT2D eigenvalue weighted by Crippen LogP contribution is 2.82. The Morgan fingerprint density at radius 1 is 1.11 bits per heavy atom. The largest absolute Gasteiger partial charge is 0.480 e. The van der Waals surface area contributed by atoms with Gasteiger partial charge < -0.3 is 10.4 Å². The Hall–Kier alpha value is -1.06. The van der Waals surface area contributed by atoms with E-state index in [1.165, 1.54) is 38.5 Å². The molecule has 0 radical (unpaired) electrons. The van der Waals surface area contributed by atoms with E-state index in [4.69, 9.17) is 5.11 Å². The van der Waals surface area contributed by atoms with Crippen molar-refractivity contribution in [2.24, 2.45) is 28.6 Å². The van der Waals surface area contributed by atoms with E-state index in [2.05, 4.69) is 5.32 Å². The van der Waals surface area contributed by atoms with Crippen LogP contribution in [0.3, 0.4) is 0 Å². The van der Waals surface area contributed by atoms with Crippen molar-refractivity contribution in [2.45, 2.75) is 44.9 Å². The van der Waals surface area contributed by atoms with E-state index < -0.39 is 5.97 Å². The standard InChI is InChI=1S/C15H21NO3/c17-12(16-8-13(18)19)7-14-3-10-1-9-2-11(6-14)15(14,4-9)5-10/h9-11H,1-8H2,(H,16,17)(H,18,19). The van der Waals surface area contributed by atoms with Gasteiger partial charge in [-0.05, 0) is 67.1 Å². The topological polar surface area (TPSA) is 66.4 Å². The number of rotatable bonds is 4. The van der Waals surface area contributed by atoms with E-state index in [9.17, 15) is 9.59 Å². The van der Waals surface area contributed by atoms with Crippen molar-refractivity contribution in [3.05, 3.63) is 0 Å². The lowest BCUT2D eigenvalue weighted by atomic mass is 9.45. The van der Waals surface area contributed by atoms with Crippen LogP contribution in [0.25, 0.3) is 0 Å². The van der Waals surface area contributed by atoms with Gasteiger partial charge >= 0.3 is 5.97 Å². The lowest BCUT2D eigenvalue weighted by Gasteiger charge is -2.59. The van der Waals surface area contributed by atoms with Gasteiger partial charge in [-0.2, -0.15) is 0 Å². The van der Waals surface area contributed by atoms with Gasteiger partial charge in [0.1, 0.15) is 6.54 Å². The van der Waals surface area contributed by atoms with Crippen molar-refractivity contribution in [3.63, 3.8) is 0 Å². The smallest absolute Gasteiger partial charge is 0.322 e. The van der Waals surface area contributed by atoms with Crippen LogP contribution in [0.15, 0.2) is 0 Å². The number of nitrogens with one attached hydrogen (secondary N) is 1. The van der Waals surface area contributed by atoms with Crippen LogP contribution < -0.4 is 5.32 Å². The summed E-state index contributed by atoms with van der Waals surface area (Å²) in [6, 6.07) is 0. The van der Waals surface area contributed by atoms with Crippen molar-refractivity contribution < 1.29 is 14.7 Å². The molecule has 0 aromatic carbocycles. The van der Waals surface area contributed by atoms with Crippen LogP contribution in [-0.4, -0.2) is 23.5 Å². The van der Waals surface area contributed by atoms with Gasteiger partial charge in [-0.25, -0.2) is 0 Å². The molecule has 4 nitrogen and oxygen atoms in total. The summed E-state index contributed by atoms with van der Waals surface area (Å²) < 4.78 is 0. The van der Waals surface area contributed by atoms with E-state index in [0.717, 1.165) is 17.8 Å². The van der Waals surface area contributed by atoms with Gasteiger partial charge in [0.05, 0.1) is 0 Å². The first-order valence-electron chi connectivity index (χ1n) is 7.51. The number of hydrogen-bond acceptors (Lipinski definition) is 2. The van der Waals surface area contributed by atoms with Crippen LogP contribution in [0.1, 0.15) is 44.9 Å². The van der Waals surface area contributed by atoms with Crippen LogP contribution in [0.4, 0.5) is 0 Å². The third-order valence-electron chi connectivity index (χ3n) is 6.68. The van der Waals surface area contributed by atoms with Gasteiger partial charge in [0.2, 0.25) is 5.91 Å². The van der Waals surface area contributed by atoms with Crippen molar-refractivity contribution >= 4 is 11.9 Å². The van der Waals surface area contributed by atoms with Gasteiger partial charge in [0.25, 0.3) is 0 Å². The number of carbonyl (C=O) groups excluding carboxylic acids is 1. The maximum atomic E-state index is 12.0. The second-order valence-electron chi connectivity index (χ2n) is 7.50. The molecule has 4 aliphatic rings. The molecule has 3 bridgehead atoms. The van der Waals surface area contributed by atoms with Gasteiger partial charge in [0.15, 0.2) is 0 Å². The molecule has 1 spiro atoms. The first-order valence-corrected chi connectivity index (χ1v) is 7.51. The van der Waals surface area contributed by atoms with Crippen molar-refractivity contribution in [1.82, 2.24) is 5.32 Å². The monoisotopic (exact) mass is 263 g/mol. The number of amides is 1. The average Bonchev–Trinajstić information content (AvgIpc) is 2.64. The molecule has 4 aliphatic carbocycles. The maximum Gasteiger partial charge on any atom is 0.322 e. The van der Waals surface area contributed by atoms with Crippen LogP contribution in [0.2, 0.25) is 0 Å². The fourth-order valence-electron chi connectivity index (χ4n) is 6.44. The van der Waals surface area contributed by atoms with E-state index in [-0.39, 0.29) is 17.9 Å². The average molecular weight is 263 g/mol. The SMILES string of the molecule is O=C(O)CNC(=O)CC12CC3CC4CC(C1)C2(C4)C3. The molecule has 0 aromatic rings. The number of carbonyl (C=O) groups is 2. The van der Waals surface area contributed by atoms with Gasteiger partial charge in [0, 0.05) is 6.42 Å². The summed E-state index contributed by atoms with van der Waals surface area (Å²) in [5.74, 6) is 1.64. The highest BCUT2D eigenvalue weighted by molar-refractivity contribution is 5.81. The molecule has 4 heteroatoms. The Balaban J connectivity index is 1.50. The Morgan fingerprint density at radius 3 is 2.68 bits per heavy atom. The third-order valence-corrected chi connectivity index (χ3v) is 6.68. The summed E-state index contributed by atoms with van der Waals surface area (Å²) >= 11 is 0. The Kier molecular flexibility index (Phi) is 2.18. The normalized spacial score (nSPS) is 48.7. The molecule has 5 unspecified atom stereocenters. The van der Waals surface area contributed by atoms with Crippen molar-refractivity contribution in [2.75, 3.05) is 6.54 Å². The Labute approximate surface area is 112 Å². The molecular weight excluding hydrogens is 242 g/mol. The predicted molar refractivity (Wildman–Crippen MR) is 68.3 cm³/mol. The fraction of sp³-hybridized carbons (Fsp3) is 0.867. The number of carboxylic acid groups (broad SMARTS) is 1. The second kappa shape index (κ2) is 3.53. The van der Waals surface area contributed by atoms with Crippen molar-refractivity contribution in [1.29, 1.82) is 0 Å². The Morgan fingerprint density at radius 2 is 1.89 bits per heavy atom.